The topological polar surface area (TPSA) is 91.9 Å². The predicted molar refractivity (Wildman–Crippen MR) is 104 cm³/mol. The van der Waals surface area contributed by atoms with E-state index in [0.29, 0.717) is 12.2 Å². The minimum Gasteiger partial charge on any atom is -0.478 e. The lowest BCUT2D eigenvalue weighted by Gasteiger charge is -2.22. The van der Waals surface area contributed by atoms with E-state index in [1.54, 1.807) is 0 Å². The van der Waals surface area contributed by atoms with Crippen LogP contribution in [0.4, 0.5) is 0 Å². The Kier molecular flexibility index (Phi) is 5.46. The molecule has 27 heavy (non-hydrogen) atoms. The lowest BCUT2D eigenvalue weighted by Crippen LogP contribution is -2.17. The summed E-state index contributed by atoms with van der Waals surface area (Å²) in [6.07, 6.45) is 3.31. The predicted octanol–water partition coefficient (Wildman–Crippen LogP) is 3.44. The molecule has 0 atom stereocenters. The number of fused-ring (bicyclic) bond motifs is 5. The molecular formula is C20H19ClN2O4. The SMILES string of the molecule is CC1=NCCn2c1cc1c2-c2ccc(Cl)cc2CC1.O=C(O)/C=C/C(=O)O. The van der Waals surface area contributed by atoms with Crippen molar-refractivity contribution in [1.82, 2.24) is 4.57 Å². The first-order chi connectivity index (χ1) is 12.9. The van der Waals surface area contributed by atoms with E-state index >= 15 is 0 Å². The molecule has 0 radical (unpaired) electrons. The van der Waals surface area contributed by atoms with Gasteiger partial charge in [0, 0.05) is 29.3 Å². The zero-order chi connectivity index (χ0) is 19.6. The molecule has 2 aliphatic rings. The Morgan fingerprint density at radius 3 is 2.44 bits per heavy atom. The Balaban J connectivity index is 0.000000226. The molecule has 7 heteroatoms. The van der Waals surface area contributed by atoms with Crippen molar-refractivity contribution in [3.63, 3.8) is 0 Å². The van der Waals surface area contributed by atoms with Crippen LogP contribution in [0.3, 0.4) is 0 Å². The fraction of sp³-hybridized carbons (Fsp3) is 0.250. The van der Waals surface area contributed by atoms with Gasteiger partial charge in [-0.25, -0.2) is 9.59 Å². The van der Waals surface area contributed by atoms with Gasteiger partial charge in [-0.05, 0) is 49.1 Å². The molecule has 0 saturated carbocycles. The van der Waals surface area contributed by atoms with Crippen molar-refractivity contribution in [2.45, 2.75) is 26.3 Å². The Labute approximate surface area is 161 Å². The van der Waals surface area contributed by atoms with Crippen LogP contribution in [0.25, 0.3) is 11.3 Å². The summed E-state index contributed by atoms with van der Waals surface area (Å²) in [5.41, 5.74) is 8.03. The van der Waals surface area contributed by atoms with Gasteiger partial charge in [0.15, 0.2) is 0 Å². The van der Waals surface area contributed by atoms with Crippen molar-refractivity contribution in [3.05, 3.63) is 58.3 Å². The average Bonchev–Trinajstić information content (AvgIpc) is 3.01. The van der Waals surface area contributed by atoms with Gasteiger partial charge in [-0.2, -0.15) is 0 Å². The fourth-order valence-electron chi connectivity index (χ4n) is 3.46. The number of aryl methyl sites for hydroxylation is 2. The first-order valence-corrected chi connectivity index (χ1v) is 8.91. The minimum atomic E-state index is -1.26. The summed E-state index contributed by atoms with van der Waals surface area (Å²) in [5.74, 6) is -2.51. The minimum absolute atomic E-state index is 0.558. The molecule has 2 heterocycles. The summed E-state index contributed by atoms with van der Waals surface area (Å²) in [7, 11) is 0. The summed E-state index contributed by atoms with van der Waals surface area (Å²) < 4.78 is 2.43. The number of carbonyl (C=O) groups is 2. The van der Waals surface area contributed by atoms with Crippen molar-refractivity contribution < 1.29 is 19.8 Å². The van der Waals surface area contributed by atoms with Crippen LogP contribution in [0.2, 0.25) is 5.02 Å². The summed E-state index contributed by atoms with van der Waals surface area (Å²) >= 11 is 6.12. The smallest absolute Gasteiger partial charge is 0.328 e. The number of nitrogens with zero attached hydrogens (tertiary/aromatic N) is 2. The van der Waals surface area contributed by atoms with Crippen LogP contribution in [0.5, 0.6) is 0 Å². The van der Waals surface area contributed by atoms with Gasteiger partial charge in [0.2, 0.25) is 0 Å². The number of carboxylic acid groups (broad SMARTS) is 2. The highest BCUT2D eigenvalue weighted by Crippen LogP contribution is 2.37. The van der Waals surface area contributed by atoms with Crippen LogP contribution in [0.15, 0.2) is 41.4 Å². The second kappa shape index (κ2) is 7.80. The zero-order valence-electron chi connectivity index (χ0n) is 14.8. The third kappa shape index (κ3) is 4.11. The molecule has 0 saturated heterocycles. The standard InChI is InChI=1S/C16H15ClN2.C4H4O4/c1-10-15-9-12-3-2-11-8-13(17)4-5-14(11)16(12)19(15)7-6-18-10;5-3(6)1-2-4(7)8/h4-5,8-9H,2-3,6-7H2,1H3;1-2H,(H,5,6)(H,7,8)/b;2-1+. The first kappa shape index (κ1) is 18.9. The fourth-order valence-corrected chi connectivity index (χ4v) is 3.65. The monoisotopic (exact) mass is 386 g/mol. The van der Waals surface area contributed by atoms with Crippen molar-refractivity contribution in [1.29, 1.82) is 0 Å². The highest BCUT2D eigenvalue weighted by molar-refractivity contribution is 6.30. The Morgan fingerprint density at radius 1 is 1.11 bits per heavy atom. The number of hydrogen-bond acceptors (Lipinski definition) is 3. The maximum absolute atomic E-state index is 9.55. The average molecular weight is 387 g/mol. The van der Waals surface area contributed by atoms with E-state index in [0.717, 1.165) is 36.7 Å². The van der Waals surface area contributed by atoms with Crippen molar-refractivity contribution in [2.75, 3.05) is 6.54 Å². The number of aliphatic carboxylic acids is 2. The first-order valence-electron chi connectivity index (χ1n) is 8.53. The second-order valence-corrected chi connectivity index (χ2v) is 6.77. The molecule has 0 amide bonds. The number of benzene rings is 1. The molecule has 1 aliphatic heterocycles. The molecule has 140 valence electrons. The second-order valence-electron chi connectivity index (χ2n) is 6.33. The van der Waals surface area contributed by atoms with Crippen LogP contribution in [0, 0.1) is 0 Å². The van der Waals surface area contributed by atoms with Crippen LogP contribution >= 0.6 is 11.6 Å². The van der Waals surface area contributed by atoms with Gasteiger partial charge >= 0.3 is 11.9 Å². The van der Waals surface area contributed by atoms with Crippen molar-refractivity contribution >= 4 is 29.3 Å². The highest BCUT2D eigenvalue weighted by atomic mass is 35.5. The number of aromatic nitrogens is 1. The summed E-state index contributed by atoms with van der Waals surface area (Å²) in [5, 5.41) is 16.5. The molecule has 1 aromatic carbocycles. The number of aliphatic imine (C=N–C) groups is 1. The molecule has 1 aliphatic carbocycles. The van der Waals surface area contributed by atoms with Crippen LogP contribution < -0.4 is 0 Å². The van der Waals surface area contributed by atoms with Gasteiger partial charge in [0.05, 0.1) is 23.6 Å². The van der Waals surface area contributed by atoms with Crippen LogP contribution in [-0.4, -0.2) is 39.0 Å². The molecule has 2 aromatic rings. The zero-order valence-corrected chi connectivity index (χ0v) is 15.5. The van der Waals surface area contributed by atoms with E-state index in [1.165, 1.54) is 28.1 Å². The third-order valence-electron chi connectivity index (χ3n) is 4.57. The van der Waals surface area contributed by atoms with E-state index in [9.17, 15) is 9.59 Å². The normalized spacial score (nSPS) is 14.4. The molecule has 0 unspecified atom stereocenters. The van der Waals surface area contributed by atoms with E-state index in [1.807, 2.05) is 6.07 Å². The van der Waals surface area contributed by atoms with Gasteiger partial charge in [0.25, 0.3) is 0 Å². The molecule has 0 bridgehead atoms. The maximum Gasteiger partial charge on any atom is 0.328 e. The molecular weight excluding hydrogens is 368 g/mol. The van der Waals surface area contributed by atoms with Gasteiger partial charge in [-0.3, -0.25) is 4.99 Å². The third-order valence-corrected chi connectivity index (χ3v) is 4.81. The maximum atomic E-state index is 9.55. The highest BCUT2D eigenvalue weighted by Gasteiger charge is 2.24. The van der Waals surface area contributed by atoms with E-state index in [-0.39, 0.29) is 0 Å². The Hall–Kier alpha value is -2.86. The lowest BCUT2D eigenvalue weighted by atomic mass is 9.90. The van der Waals surface area contributed by atoms with Gasteiger partial charge in [-0.1, -0.05) is 17.7 Å². The summed E-state index contributed by atoms with van der Waals surface area (Å²) in [6, 6.07) is 8.61. The lowest BCUT2D eigenvalue weighted by molar-refractivity contribution is -0.134. The molecule has 0 spiro atoms. The number of rotatable bonds is 2. The Bertz CT molecular complexity index is 957. The molecule has 2 N–H and O–H groups in total. The molecule has 0 fully saturated rings. The summed E-state index contributed by atoms with van der Waals surface area (Å²) in [4.78, 5) is 23.7. The van der Waals surface area contributed by atoms with E-state index in [4.69, 9.17) is 21.8 Å². The van der Waals surface area contributed by atoms with Crippen LogP contribution in [0.1, 0.15) is 23.7 Å². The largest absolute Gasteiger partial charge is 0.478 e. The number of hydrogen-bond donors (Lipinski definition) is 2. The molecule has 1 aromatic heterocycles. The number of carboxylic acids is 2. The Morgan fingerprint density at radius 2 is 1.78 bits per heavy atom. The van der Waals surface area contributed by atoms with E-state index in [2.05, 4.69) is 34.7 Å². The van der Waals surface area contributed by atoms with Gasteiger partial charge < -0.3 is 14.8 Å². The van der Waals surface area contributed by atoms with E-state index < -0.39 is 11.9 Å². The quantitative estimate of drug-likeness (QED) is 0.773. The summed E-state index contributed by atoms with van der Waals surface area (Å²) in [6.45, 7) is 3.99. The van der Waals surface area contributed by atoms with Crippen molar-refractivity contribution in [3.8, 4) is 11.3 Å². The van der Waals surface area contributed by atoms with Gasteiger partial charge in [-0.15, -0.1) is 0 Å². The van der Waals surface area contributed by atoms with Crippen molar-refractivity contribution in [2.24, 2.45) is 4.99 Å². The van der Waals surface area contributed by atoms with Gasteiger partial charge in [0.1, 0.15) is 0 Å². The van der Waals surface area contributed by atoms with Crippen LogP contribution in [-0.2, 0) is 29.0 Å². The number of halogens is 1. The molecule has 6 nitrogen and oxygen atoms in total. The molecule has 4 rings (SSSR count).